The summed E-state index contributed by atoms with van der Waals surface area (Å²) in [5.41, 5.74) is 10.3. The lowest BCUT2D eigenvalue weighted by atomic mass is 10.2. The highest BCUT2D eigenvalue weighted by atomic mass is 127. The number of anilines is 1. The molecule has 2 aromatic carbocycles. The van der Waals surface area contributed by atoms with Gasteiger partial charge in [-0.3, -0.25) is 4.57 Å². The van der Waals surface area contributed by atoms with E-state index in [0.717, 1.165) is 20.3 Å². The van der Waals surface area contributed by atoms with Gasteiger partial charge in [0.15, 0.2) is 0 Å². The number of nitrogens with zero attached hydrogens (tertiary/aromatic N) is 2. The second-order valence-corrected chi connectivity index (χ2v) is 5.41. The van der Waals surface area contributed by atoms with Crippen molar-refractivity contribution in [1.82, 2.24) is 9.55 Å². The lowest BCUT2D eigenvalue weighted by molar-refractivity contribution is 1.10. The van der Waals surface area contributed by atoms with Gasteiger partial charge >= 0.3 is 0 Å². The third kappa shape index (κ3) is 1.77. The van der Waals surface area contributed by atoms with Crippen molar-refractivity contribution in [2.75, 3.05) is 5.73 Å². The Morgan fingerprint density at radius 3 is 2.72 bits per heavy atom. The molecule has 0 unspecified atom stereocenters. The third-order valence-corrected chi connectivity index (χ3v) is 3.84. The van der Waals surface area contributed by atoms with E-state index in [4.69, 9.17) is 5.73 Å². The minimum absolute atomic E-state index is 0.528. The fourth-order valence-corrected chi connectivity index (χ4v) is 2.72. The van der Waals surface area contributed by atoms with Crippen LogP contribution in [0.5, 0.6) is 0 Å². The molecule has 3 aromatic rings. The minimum atomic E-state index is 0.528. The molecule has 0 bridgehead atoms. The number of aryl methyl sites for hydroxylation is 1. The van der Waals surface area contributed by atoms with Crippen molar-refractivity contribution < 1.29 is 0 Å². The summed E-state index contributed by atoms with van der Waals surface area (Å²) in [7, 11) is 0. The Hall–Kier alpha value is -1.56. The summed E-state index contributed by atoms with van der Waals surface area (Å²) in [6.45, 7) is 2.06. The Labute approximate surface area is 119 Å². The number of fused-ring (bicyclic) bond motifs is 1. The van der Waals surface area contributed by atoms with Gasteiger partial charge in [0.1, 0.15) is 0 Å². The van der Waals surface area contributed by atoms with Crippen LogP contribution in [-0.2, 0) is 0 Å². The van der Waals surface area contributed by atoms with Gasteiger partial charge in [0, 0.05) is 3.57 Å². The van der Waals surface area contributed by atoms with Crippen molar-refractivity contribution in [3.8, 4) is 5.69 Å². The molecule has 1 heterocycles. The summed E-state index contributed by atoms with van der Waals surface area (Å²) in [4.78, 5) is 4.43. The number of hydrogen-bond donors (Lipinski definition) is 1. The SMILES string of the molecule is Cc1ccc2c(c1)nc(N)n2-c1ccccc1I. The van der Waals surface area contributed by atoms with Crippen LogP contribution in [0.15, 0.2) is 42.5 Å². The molecule has 0 saturated heterocycles. The van der Waals surface area contributed by atoms with Crippen molar-refractivity contribution in [3.05, 3.63) is 51.6 Å². The molecule has 0 spiro atoms. The zero-order valence-corrected chi connectivity index (χ0v) is 12.0. The predicted octanol–water partition coefficient (Wildman–Crippen LogP) is 3.52. The van der Waals surface area contributed by atoms with Crippen LogP contribution in [0.4, 0.5) is 5.95 Å². The molecule has 0 atom stereocenters. The predicted molar refractivity (Wildman–Crippen MR) is 82.9 cm³/mol. The van der Waals surface area contributed by atoms with Gasteiger partial charge in [0.2, 0.25) is 5.95 Å². The Morgan fingerprint density at radius 2 is 1.94 bits per heavy atom. The van der Waals surface area contributed by atoms with Crippen molar-refractivity contribution in [2.45, 2.75) is 6.92 Å². The molecule has 0 radical (unpaired) electrons. The quantitative estimate of drug-likeness (QED) is 0.683. The first-order chi connectivity index (χ1) is 8.66. The highest BCUT2D eigenvalue weighted by Gasteiger charge is 2.11. The molecule has 4 heteroatoms. The maximum Gasteiger partial charge on any atom is 0.205 e. The molecule has 0 saturated carbocycles. The molecule has 0 aliphatic rings. The molecule has 0 aliphatic heterocycles. The molecular formula is C14H12IN3. The molecule has 0 amide bonds. The maximum absolute atomic E-state index is 6.05. The minimum Gasteiger partial charge on any atom is -0.369 e. The second-order valence-electron chi connectivity index (χ2n) is 4.25. The topological polar surface area (TPSA) is 43.8 Å². The lowest BCUT2D eigenvalue weighted by Crippen LogP contribution is -2.02. The number of halogens is 1. The maximum atomic E-state index is 6.05. The number of hydrogen-bond acceptors (Lipinski definition) is 2. The number of rotatable bonds is 1. The number of aromatic nitrogens is 2. The molecule has 3 rings (SSSR count). The van der Waals surface area contributed by atoms with E-state index in [2.05, 4.69) is 64.8 Å². The van der Waals surface area contributed by atoms with Gasteiger partial charge in [-0.25, -0.2) is 4.98 Å². The number of para-hydroxylation sites is 1. The van der Waals surface area contributed by atoms with Crippen LogP contribution >= 0.6 is 22.6 Å². The smallest absolute Gasteiger partial charge is 0.205 e. The number of imidazole rings is 1. The molecule has 18 heavy (non-hydrogen) atoms. The number of nitrogens with two attached hydrogens (primary N) is 1. The van der Waals surface area contributed by atoms with Crippen LogP contribution in [0.25, 0.3) is 16.7 Å². The average Bonchev–Trinajstić information content (AvgIpc) is 2.65. The fraction of sp³-hybridized carbons (Fsp3) is 0.0714. The van der Waals surface area contributed by atoms with Gasteiger partial charge in [-0.1, -0.05) is 18.2 Å². The van der Waals surface area contributed by atoms with Crippen LogP contribution in [0.1, 0.15) is 5.56 Å². The standard InChI is InChI=1S/C14H12IN3/c1-9-6-7-13-11(8-9)17-14(16)18(13)12-5-3-2-4-10(12)15/h2-8H,1H3,(H2,16,17). The molecule has 0 aliphatic carbocycles. The second kappa shape index (κ2) is 4.28. The van der Waals surface area contributed by atoms with Crippen LogP contribution in [0.3, 0.4) is 0 Å². The van der Waals surface area contributed by atoms with Crippen molar-refractivity contribution in [3.63, 3.8) is 0 Å². The molecule has 1 aromatic heterocycles. The fourth-order valence-electron chi connectivity index (χ4n) is 2.10. The van der Waals surface area contributed by atoms with Crippen molar-refractivity contribution in [2.24, 2.45) is 0 Å². The van der Waals surface area contributed by atoms with Crippen LogP contribution in [0, 0.1) is 10.5 Å². The first-order valence-electron chi connectivity index (χ1n) is 5.66. The van der Waals surface area contributed by atoms with Crippen LogP contribution < -0.4 is 5.73 Å². The van der Waals surface area contributed by atoms with E-state index in [1.807, 2.05) is 16.7 Å². The summed E-state index contributed by atoms with van der Waals surface area (Å²) < 4.78 is 3.15. The average molecular weight is 349 g/mol. The van der Waals surface area contributed by atoms with E-state index in [1.165, 1.54) is 5.56 Å². The Bertz CT molecular complexity index is 731. The largest absolute Gasteiger partial charge is 0.369 e. The zero-order chi connectivity index (χ0) is 12.7. The Morgan fingerprint density at radius 1 is 1.17 bits per heavy atom. The lowest BCUT2D eigenvalue weighted by Gasteiger charge is -2.08. The Kier molecular flexibility index (Phi) is 2.74. The monoisotopic (exact) mass is 349 g/mol. The van der Waals surface area contributed by atoms with E-state index in [1.54, 1.807) is 0 Å². The summed E-state index contributed by atoms with van der Waals surface area (Å²) in [6.07, 6.45) is 0. The molecule has 0 fully saturated rings. The number of nitrogen functional groups attached to an aromatic ring is 1. The summed E-state index contributed by atoms with van der Waals surface area (Å²) in [6, 6.07) is 14.3. The van der Waals surface area contributed by atoms with Gasteiger partial charge in [0.25, 0.3) is 0 Å². The van der Waals surface area contributed by atoms with Crippen LogP contribution in [-0.4, -0.2) is 9.55 Å². The van der Waals surface area contributed by atoms with E-state index < -0.39 is 0 Å². The first kappa shape index (κ1) is 11.5. The van der Waals surface area contributed by atoms with E-state index >= 15 is 0 Å². The molecule has 2 N–H and O–H groups in total. The van der Waals surface area contributed by atoms with Gasteiger partial charge in [-0.05, 0) is 59.3 Å². The first-order valence-corrected chi connectivity index (χ1v) is 6.74. The summed E-state index contributed by atoms with van der Waals surface area (Å²) in [5, 5.41) is 0. The molecule has 3 nitrogen and oxygen atoms in total. The summed E-state index contributed by atoms with van der Waals surface area (Å²) in [5.74, 6) is 0.528. The van der Waals surface area contributed by atoms with E-state index in [-0.39, 0.29) is 0 Å². The highest BCUT2D eigenvalue weighted by Crippen LogP contribution is 2.26. The van der Waals surface area contributed by atoms with E-state index in [9.17, 15) is 0 Å². The van der Waals surface area contributed by atoms with Gasteiger partial charge < -0.3 is 5.73 Å². The van der Waals surface area contributed by atoms with Gasteiger partial charge in [-0.15, -0.1) is 0 Å². The van der Waals surface area contributed by atoms with Crippen molar-refractivity contribution >= 4 is 39.6 Å². The highest BCUT2D eigenvalue weighted by molar-refractivity contribution is 14.1. The van der Waals surface area contributed by atoms with E-state index in [0.29, 0.717) is 5.95 Å². The molecule has 90 valence electrons. The van der Waals surface area contributed by atoms with Gasteiger partial charge in [-0.2, -0.15) is 0 Å². The van der Waals surface area contributed by atoms with Crippen molar-refractivity contribution in [1.29, 1.82) is 0 Å². The molecular weight excluding hydrogens is 337 g/mol. The van der Waals surface area contributed by atoms with Crippen LogP contribution in [0.2, 0.25) is 0 Å². The van der Waals surface area contributed by atoms with Gasteiger partial charge in [0.05, 0.1) is 16.7 Å². The zero-order valence-electron chi connectivity index (χ0n) is 9.89. The Balaban J connectivity index is 2.36. The summed E-state index contributed by atoms with van der Waals surface area (Å²) >= 11 is 2.31. The normalized spacial score (nSPS) is 11.0. The number of benzene rings is 2. The third-order valence-electron chi connectivity index (χ3n) is 2.93.